The Bertz CT molecular complexity index is 710. The average molecular weight is 337 g/mol. The highest BCUT2D eigenvalue weighted by atomic mass is 79.9. The van der Waals surface area contributed by atoms with Crippen LogP contribution in [-0.2, 0) is 0 Å². The number of hydrogen-bond donors (Lipinski definition) is 2. The van der Waals surface area contributed by atoms with Gasteiger partial charge >= 0.3 is 0 Å². The van der Waals surface area contributed by atoms with E-state index < -0.39 is 5.91 Å². The highest BCUT2D eigenvalue weighted by Gasteiger charge is 2.13. The van der Waals surface area contributed by atoms with Gasteiger partial charge in [0.15, 0.2) is 0 Å². The van der Waals surface area contributed by atoms with Crippen LogP contribution in [0.1, 0.15) is 16.1 Å². The lowest BCUT2D eigenvalue weighted by Crippen LogP contribution is -2.18. The number of hydrogen-bond acceptors (Lipinski definition) is 3. The molecule has 1 amide bonds. The number of nitrogens with one attached hydrogen (secondary N) is 2. The highest BCUT2D eigenvalue weighted by molar-refractivity contribution is 9.10. The van der Waals surface area contributed by atoms with Crippen LogP contribution in [0, 0.1) is 6.92 Å². The Hall–Kier alpha value is -2.08. The summed E-state index contributed by atoms with van der Waals surface area (Å²) in [6, 6.07) is 8.04. The molecule has 0 radical (unpaired) electrons. The zero-order valence-corrected chi connectivity index (χ0v) is 12.6. The van der Waals surface area contributed by atoms with E-state index >= 15 is 0 Å². The summed E-state index contributed by atoms with van der Waals surface area (Å²) in [6.07, 6.45) is 0. The molecule has 2 aromatic rings. The molecule has 0 spiro atoms. The molecule has 2 N–H and O–H groups in total. The molecule has 0 aliphatic heterocycles. The van der Waals surface area contributed by atoms with E-state index in [2.05, 4.69) is 26.2 Å². The molecule has 1 aromatic heterocycles. The van der Waals surface area contributed by atoms with Crippen molar-refractivity contribution in [2.45, 2.75) is 6.92 Å². The van der Waals surface area contributed by atoms with Crippen LogP contribution in [0.15, 0.2) is 39.6 Å². The Morgan fingerprint density at radius 1 is 1.35 bits per heavy atom. The zero-order chi connectivity index (χ0) is 14.7. The topological polar surface area (TPSA) is 71.2 Å². The lowest BCUT2D eigenvalue weighted by Gasteiger charge is -2.13. The highest BCUT2D eigenvalue weighted by Crippen LogP contribution is 2.32. The van der Waals surface area contributed by atoms with Gasteiger partial charge in [-0.25, -0.2) is 0 Å². The average Bonchev–Trinajstić information content (AvgIpc) is 2.41. The van der Waals surface area contributed by atoms with Gasteiger partial charge in [0.2, 0.25) is 5.56 Å². The van der Waals surface area contributed by atoms with Crippen LogP contribution in [0.3, 0.4) is 0 Å². The van der Waals surface area contributed by atoms with Crippen LogP contribution in [0.5, 0.6) is 5.75 Å². The largest absolute Gasteiger partial charge is 0.495 e. The standard InChI is InChI=1S/C14H13BrN2O3/c1-8-6-9(15)7-11(20-2)13(8)17-14(19)10-4-3-5-12(18)16-10/h3-7H,1-2H3,(H,16,18)(H,17,19). The number of aromatic nitrogens is 1. The number of carbonyl (C=O) groups excluding carboxylic acids is 1. The van der Waals surface area contributed by atoms with Gasteiger partial charge in [-0.1, -0.05) is 22.0 Å². The molecule has 0 saturated heterocycles. The van der Waals surface area contributed by atoms with Gasteiger partial charge in [-0.15, -0.1) is 0 Å². The maximum Gasteiger partial charge on any atom is 0.272 e. The van der Waals surface area contributed by atoms with E-state index in [0.717, 1.165) is 10.0 Å². The predicted molar refractivity (Wildman–Crippen MR) is 80.4 cm³/mol. The summed E-state index contributed by atoms with van der Waals surface area (Å²) < 4.78 is 6.11. The van der Waals surface area contributed by atoms with E-state index in [9.17, 15) is 9.59 Å². The first-order chi connectivity index (χ1) is 9.51. The van der Waals surface area contributed by atoms with Crippen LogP contribution in [0.25, 0.3) is 0 Å². The van der Waals surface area contributed by atoms with Gasteiger partial charge in [0, 0.05) is 10.5 Å². The fourth-order valence-corrected chi connectivity index (χ4v) is 2.35. The van der Waals surface area contributed by atoms with Crippen molar-refractivity contribution in [3.05, 3.63) is 56.4 Å². The molecule has 0 aliphatic rings. The number of H-pyrrole nitrogens is 1. The van der Waals surface area contributed by atoms with E-state index in [1.165, 1.54) is 25.3 Å². The van der Waals surface area contributed by atoms with E-state index in [-0.39, 0.29) is 11.3 Å². The summed E-state index contributed by atoms with van der Waals surface area (Å²) in [6.45, 7) is 1.86. The van der Waals surface area contributed by atoms with E-state index in [0.29, 0.717) is 11.4 Å². The molecule has 0 saturated carbocycles. The second-order valence-corrected chi connectivity index (χ2v) is 5.10. The SMILES string of the molecule is COc1cc(Br)cc(C)c1NC(=O)c1cccc(=O)[nH]1. The monoisotopic (exact) mass is 336 g/mol. The molecule has 0 fully saturated rings. The molecule has 1 heterocycles. The summed E-state index contributed by atoms with van der Waals surface area (Å²) in [5, 5.41) is 2.75. The van der Waals surface area contributed by atoms with Crippen LogP contribution < -0.4 is 15.6 Å². The number of aryl methyl sites for hydroxylation is 1. The predicted octanol–water partition coefficient (Wildman–Crippen LogP) is 2.71. The molecule has 0 unspecified atom stereocenters. The number of benzene rings is 1. The van der Waals surface area contributed by atoms with Crippen LogP contribution in [-0.4, -0.2) is 18.0 Å². The van der Waals surface area contributed by atoms with Crippen molar-refractivity contribution in [3.8, 4) is 5.75 Å². The number of rotatable bonds is 3. The maximum atomic E-state index is 12.1. The number of halogens is 1. The summed E-state index contributed by atoms with van der Waals surface area (Å²) >= 11 is 3.37. The molecule has 1 aromatic carbocycles. The minimum atomic E-state index is -0.397. The van der Waals surface area contributed by atoms with Gasteiger partial charge in [-0.3, -0.25) is 9.59 Å². The Labute approximate surface area is 124 Å². The Kier molecular flexibility index (Phi) is 4.24. The van der Waals surface area contributed by atoms with E-state index in [1.807, 2.05) is 13.0 Å². The van der Waals surface area contributed by atoms with E-state index in [4.69, 9.17) is 4.74 Å². The molecule has 20 heavy (non-hydrogen) atoms. The Morgan fingerprint density at radius 2 is 2.10 bits per heavy atom. The number of anilines is 1. The fraction of sp³-hybridized carbons (Fsp3) is 0.143. The lowest BCUT2D eigenvalue weighted by atomic mass is 10.1. The van der Waals surface area contributed by atoms with Crippen molar-refractivity contribution < 1.29 is 9.53 Å². The number of ether oxygens (including phenoxy) is 1. The maximum absolute atomic E-state index is 12.1. The summed E-state index contributed by atoms with van der Waals surface area (Å²) in [5.74, 6) is 0.148. The molecular weight excluding hydrogens is 324 g/mol. The summed E-state index contributed by atoms with van der Waals surface area (Å²) in [7, 11) is 1.53. The number of aromatic amines is 1. The first-order valence-corrected chi connectivity index (χ1v) is 6.65. The van der Waals surface area contributed by atoms with Crippen molar-refractivity contribution in [2.75, 3.05) is 12.4 Å². The van der Waals surface area contributed by atoms with Gasteiger partial charge in [-0.2, -0.15) is 0 Å². The van der Waals surface area contributed by atoms with Crippen molar-refractivity contribution in [2.24, 2.45) is 0 Å². The molecule has 5 nitrogen and oxygen atoms in total. The van der Waals surface area contributed by atoms with Crippen molar-refractivity contribution >= 4 is 27.5 Å². The summed E-state index contributed by atoms with van der Waals surface area (Å²) in [4.78, 5) is 25.8. The zero-order valence-electron chi connectivity index (χ0n) is 11.0. The lowest BCUT2D eigenvalue weighted by molar-refractivity contribution is 0.102. The van der Waals surface area contributed by atoms with Crippen LogP contribution in [0.4, 0.5) is 5.69 Å². The van der Waals surface area contributed by atoms with Gasteiger partial charge in [0.1, 0.15) is 11.4 Å². The molecule has 6 heteroatoms. The third-order valence-corrected chi connectivity index (χ3v) is 3.19. The van der Waals surface area contributed by atoms with Gasteiger partial charge < -0.3 is 15.0 Å². The molecule has 0 atom stereocenters. The number of carbonyl (C=O) groups is 1. The second kappa shape index (κ2) is 5.92. The molecule has 104 valence electrons. The first kappa shape index (κ1) is 14.3. The smallest absolute Gasteiger partial charge is 0.272 e. The molecule has 0 aliphatic carbocycles. The van der Waals surface area contributed by atoms with Crippen LogP contribution in [0.2, 0.25) is 0 Å². The third kappa shape index (κ3) is 3.08. The van der Waals surface area contributed by atoms with Crippen molar-refractivity contribution in [1.82, 2.24) is 4.98 Å². The number of amides is 1. The Morgan fingerprint density at radius 3 is 2.75 bits per heavy atom. The number of methoxy groups -OCH3 is 1. The summed E-state index contributed by atoms with van der Waals surface area (Å²) in [5.41, 5.74) is 1.30. The van der Waals surface area contributed by atoms with Gasteiger partial charge in [-0.05, 0) is 30.7 Å². The van der Waals surface area contributed by atoms with Crippen molar-refractivity contribution in [1.29, 1.82) is 0 Å². The minimum absolute atomic E-state index is 0.196. The van der Waals surface area contributed by atoms with E-state index in [1.54, 1.807) is 6.07 Å². The van der Waals surface area contributed by atoms with Crippen molar-refractivity contribution in [3.63, 3.8) is 0 Å². The van der Waals surface area contributed by atoms with Crippen LogP contribution >= 0.6 is 15.9 Å². The molecule has 0 bridgehead atoms. The second-order valence-electron chi connectivity index (χ2n) is 4.18. The fourth-order valence-electron chi connectivity index (χ4n) is 1.79. The van der Waals surface area contributed by atoms with Gasteiger partial charge in [0.05, 0.1) is 12.8 Å². The Balaban J connectivity index is 2.35. The molecular formula is C14H13BrN2O3. The van der Waals surface area contributed by atoms with Gasteiger partial charge in [0.25, 0.3) is 5.91 Å². The molecule has 2 rings (SSSR count). The number of pyridine rings is 1. The quantitative estimate of drug-likeness (QED) is 0.905. The third-order valence-electron chi connectivity index (χ3n) is 2.74. The normalized spacial score (nSPS) is 10.2. The minimum Gasteiger partial charge on any atom is -0.495 e. The first-order valence-electron chi connectivity index (χ1n) is 5.86.